The van der Waals surface area contributed by atoms with Gasteiger partial charge in [0.1, 0.15) is 5.75 Å². The van der Waals surface area contributed by atoms with Gasteiger partial charge in [-0.25, -0.2) is 4.68 Å². The van der Waals surface area contributed by atoms with Gasteiger partial charge in [-0.2, -0.15) is 5.10 Å². The summed E-state index contributed by atoms with van der Waals surface area (Å²) in [6.07, 6.45) is 2.54. The first-order valence-electron chi connectivity index (χ1n) is 10.1. The number of rotatable bonds is 4. The number of aromatic nitrogens is 2. The highest BCUT2D eigenvalue weighted by Gasteiger charge is 2.32. The molecule has 2 amide bonds. The van der Waals surface area contributed by atoms with Gasteiger partial charge in [0.15, 0.2) is 6.10 Å². The van der Waals surface area contributed by atoms with Gasteiger partial charge in [-0.05, 0) is 44.2 Å². The molecule has 3 aromatic rings. The van der Waals surface area contributed by atoms with E-state index in [0.29, 0.717) is 11.4 Å². The third kappa shape index (κ3) is 3.94. The largest absolute Gasteiger partial charge is 0.477 e. The van der Waals surface area contributed by atoms with E-state index >= 15 is 0 Å². The number of nitrogens with one attached hydrogen (secondary N) is 1. The van der Waals surface area contributed by atoms with Crippen LogP contribution in [0, 0.1) is 13.8 Å². The third-order valence-corrected chi connectivity index (χ3v) is 5.32. The molecule has 0 spiro atoms. The van der Waals surface area contributed by atoms with Crippen LogP contribution in [-0.2, 0) is 9.59 Å². The van der Waals surface area contributed by atoms with Crippen LogP contribution in [0.1, 0.15) is 17.0 Å². The standard InChI is InChI=1S/C24H24N4O3/c1-16-19(17(2)28(26-16)18-9-5-4-6-10-18)13-14-23(29)27-15-22(24(30)25-3)31-21-12-8-7-11-20(21)27/h4-14,22H,15H2,1-3H3,(H,25,30)/b14-13+. The maximum atomic E-state index is 13.1. The van der Waals surface area contributed by atoms with Crippen molar-refractivity contribution in [1.29, 1.82) is 0 Å². The summed E-state index contributed by atoms with van der Waals surface area (Å²) in [6, 6.07) is 17.1. The van der Waals surface area contributed by atoms with Crippen molar-refractivity contribution in [1.82, 2.24) is 15.1 Å². The molecule has 7 nitrogen and oxygen atoms in total. The number of benzene rings is 2. The van der Waals surface area contributed by atoms with Gasteiger partial charge < -0.3 is 15.0 Å². The van der Waals surface area contributed by atoms with Crippen LogP contribution in [0.25, 0.3) is 11.8 Å². The molecule has 0 aliphatic carbocycles. The van der Waals surface area contributed by atoms with E-state index in [-0.39, 0.29) is 18.4 Å². The Hall–Kier alpha value is -3.87. The molecule has 0 saturated carbocycles. The number of nitrogens with zero attached hydrogens (tertiary/aromatic N) is 3. The van der Waals surface area contributed by atoms with E-state index in [1.165, 1.54) is 6.08 Å². The maximum absolute atomic E-state index is 13.1. The van der Waals surface area contributed by atoms with Crippen molar-refractivity contribution in [2.24, 2.45) is 0 Å². The van der Waals surface area contributed by atoms with E-state index < -0.39 is 6.10 Å². The second-order valence-corrected chi connectivity index (χ2v) is 7.30. The zero-order valence-corrected chi connectivity index (χ0v) is 17.7. The van der Waals surface area contributed by atoms with Crippen molar-refractivity contribution in [3.8, 4) is 11.4 Å². The molecule has 1 aliphatic rings. The van der Waals surface area contributed by atoms with Crippen molar-refractivity contribution in [3.63, 3.8) is 0 Å². The number of carbonyl (C=O) groups excluding carboxylic acids is 2. The number of carbonyl (C=O) groups is 2. The number of hydrogen-bond acceptors (Lipinski definition) is 4. The fourth-order valence-corrected chi connectivity index (χ4v) is 3.70. The minimum atomic E-state index is -0.762. The zero-order valence-electron chi connectivity index (χ0n) is 17.7. The predicted octanol–water partition coefficient (Wildman–Crippen LogP) is 3.04. The van der Waals surface area contributed by atoms with E-state index in [2.05, 4.69) is 10.4 Å². The van der Waals surface area contributed by atoms with Crippen LogP contribution in [0.5, 0.6) is 5.75 Å². The number of likely N-dealkylation sites (N-methyl/N-ethyl adjacent to an activating group) is 1. The fraction of sp³-hybridized carbons (Fsp3) is 0.208. The first kappa shape index (κ1) is 20.4. The number of aryl methyl sites for hydroxylation is 1. The van der Waals surface area contributed by atoms with Gasteiger partial charge in [0, 0.05) is 24.4 Å². The average Bonchev–Trinajstić information content (AvgIpc) is 3.09. The molecular formula is C24H24N4O3. The minimum Gasteiger partial charge on any atom is -0.477 e. The van der Waals surface area contributed by atoms with Crippen LogP contribution >= 0.6 is 0 Å². The molecule has 0 fully saturated rings. The van der Waals surface area contributed by atoms with Gasteiger partial charge in [-0.15, -0.1) is 0 Å². The lowest BCUT2D eigenvalue weighted by molar-refractivity contribution is -0.127. The topological polar surface area (TPSA) is 76.5 Å². The summed E-state index contributed by atoms with van der Waals surface area (Å²) < 4.78 is 7.64. The molecule has 1 unspecified atom stereocenters. The number of fused-ring (bicyclic) bond motifs is 1. The van der Waals surface area contributed by atoms with Crippen molar-refractivity contribution < 1.29 is 14.3 Å². The summed E-state index contributed by atoms with van der Waals surface area (Å²) in [5.41, 5.74) is 4.27. The number of anilines is 1. The van der Waals surface area contributed by atoms with Crippen molar-refractivity contribution in [2.75, 3.05) is 18.5 Å². The Balaban J connectivity index is 1.62. The van der Waals surface area contributed by atoms with Crippen LogP contribution in [0.4, 0.5) is 5.69 Å². The van der Waals surface area contributed by atoms with E-state index in [0.717, 1.165) is 22.6 Å². The van der Waals surface area contributed by atoms with Crippen molar-refractivity contribution in [3.05, 3.63) is 77.6 Å². The molecule has 0 radical (unpaired) electrons. The lowest BCUT2D eigenvalue weighted by atomic mass is 10.1. The normalized spacial score (nSPS) is 15.5. The first-order chi connectivity index (χ1) is 15.0. The fourth-order valence-electron chi connectivity index (χ4n) is 3.70. The Bertz CT molecular complexity index is 1150. The van der Waals surface area contributed by atoms with Crippen molar-refractivity contribution in [2.45, 2.75) is 20.0 Å². The quantitative estimate of drug-likeness (QED) is 0.664. The third-order valence-electron chi connectivity index (χ3n) is 5.32. The van der Waals surface area contributed by atoms with Crippen LogP contribution in [0.2, 0.25) is 0 Å². The Morgan fingerprint density at radius 2 is 1.81 bits per heavy atom. The number of para-hydroxylation sites is 3. The SMILES string of the molecule is CNC(=O)C1CN(C(=O)/C=C/c2c(C)nn(-c3ccccc3)c2C)c2ccccc2O1. The summed E-state index contributed by atoms with van der Waals surface area (Å²) in [4.78, 5) is 26.8. The molecule has 2 aromatic carbocycles. The maximum Gasteiger partial charge on any atom is 0.262 e. The van der Waals surface area contributed by atoms with Crippen LogP contribution < -0.4 is 15.0 Å². The van der Waals surface area contributed by atoms with Crippen molar-refractivity contribution >= 4 is 23.6 Å². The Morgan fingerprint density at radius 1 is 1.10 bits per heavy atom. The van der Waals surface area contributed by atoms with Gasteiger partial charge in [0.05, 0.1) is 23.6 Å². The Labute approximate surface area is 180 Å². The van der Waals surface area contributed by atoms with Crippen LogP contribution in [-0.4, -0.2) is 41.3 Å². The van der Waals surface area contributed by atoms with Crippen LogP contribution in [0.15, 0.2) is 60.7 Å². The summed E-state index contributed by atoms with van der Waals surface area (Å²) in [5, 5.41) is 7.21. The average molecular weight is 416 g/mol. The smallest absolute Gasteiger partial charge is 0.262 e. The molecule has 1 N–H and O–H groups in total. The Morgan fingerprint density at radius 3 is 2.55 bits per heavy atom. The Kier molecular flexibility index (Phi) is 5.58. The first-order valence-corrected chi connectivity index (χ1v) is 10.1. The second kappa shape index (κ2) is 8.47. The second-order valence-electron chi connectivity index (χ2n) is 7.30. The molecule has 0 saturated heterocycles. The summed E-state index contributed by atoms with van der Waals surface area (Å²) >= 11 is 0. The summed E-state index contributed by atoms with van der Waals surface area (Å²) in [7, 11) is 1.55. The number of ether oxygens (including phenoxy) is 1. The lowest BCUT2D eigenvalue weighted by Gasteiger charge is -2.33. The molecule has 2 heterocycles. The predicted molar refractivity (Wildman–Crippen MR) is 119 cm³/mol. The highest BCUT2D eigenvalue weighted by Crippen LogP contribution is 2.33. The zero-order chi connectivity index (χ0) is 22.0. The van der Waals surface area contributed by atoms with E-state index in [1.807, 2.05) is 67.1 Å². The van der Waals surface area contributed by atoms with Gasteiger partial charge >= 0.3 is 0 Å². The molecule has 4 rings (SSSR count). The highest BCUT2D eigenvalue weighted by molar-refractivity contribution is 6.06. The molecule has 1 aliphatic heterocycles. The molecule has 31 heavy (non-hydrogen) atoms. The molecule has 0 bridgehead atoms. The lowest BCUT2D eigenvalue weighted by Crippen LogP contribution is -2.49. The van der Waals surface area contributed by atoms with Gasteiger partial charge in [0.25, 0.3) is 11.8 Å². The molecule has 7 heteroatoms. The monoisotopic (exact) mass is 416 g/mol. The molecule has 1 atom stereocenters. The van der Waals surface area contributed by atoms with Gasteiger partial charge in [-0.3, -0.25) is 9.59 Å². The van der Waals surface area contributed by atoms with Gasteiger partial charge in [0.2, 0.25) is 0 Å². The minimum absolute atomic E-state index is 0.140. The van der Waals surface area contributed by atoms with Crippen LogP contribution in [0.3, 0.4) is 0 Å². The summed E-state index contributed by atoms with van der Waals surface area (Å²) in [6.45, 7) is 4.03. The van der Waals surface area contributed by atoms with E-state index in [1.54, 1.807) is 24.1 Å². The number of hydrogen-bond donors (Lipinski definition) is 1. The van der Waals surface area contributed by atoms with E-state index in [9.17, 15) is 9.59 Å². The molecule has 158 valence electrons. The molecule has 1 aromatic heterocycles. The highest BCUT2D eigenvalue weighted by atomic mass is 16.5. The van der Waals surface area contributed by atoms with Gasteiger partial charge in [-0.1, -0.05) is 30.3 Å². The number of amides is 2. The molecular weight excluding hydrogens is 392 g/mol. The summed E-state index contributed by atoms with van der Waals surface area (Å²) in [5.74, 6) is 0.0105. The van der Waals surface area contributed by atoms with E-state index in [4.69, 9.17) is 4.74 Å².